The number of aliphatic hydroxyl groups is 1. The Balaban J connectivity index is 1.37. The van der Waals surface area contributed by atoms with Crippen LogP contribution in [-0.2, 0) is 23.5 Å². The smallest absolute Gasteiger partial charge is 0.268 e. The number of hydrogen-bond acceptors (Lipinski definition) is 4. The highest BCUT2D eigenvalue weighted by molar-refractivity contribution is 6.09. The maximum atomic E-state index is 14.1. The summed E-state index contributed by atoms with van der Waals surface area (Å²) in [7, 11) is 0. The normalized spacial score (nSPS) is 16.2. The van der Waals surface area contributed by atoms with E-state index in [0.29, 0.717) is 23.6 Å². The molecule has 5 aromatic carbocycles. The van der Waals surface area contributed by atoms with Crippen molar-refractivity contribution in [2.75, 3.05) is 4.90 Å². The fraction of sp³-hybridized carbons (Fsp3) is 0.0882. The molecular formula is C34H27NO4. The van der Waals surface area contributed by atoms with Gasteiger partial charge < -0.3 is 19.8 Å². The summed E-state index contributed by atoms with van der Waals surface area (Å²) in [4.78, 5) is 15.7. The van der Waals surface area contributed by atoms with Gasteiger partial charge in [0, 0.05) is 11.1 Å². The van der Waals surface area contributed by atoms with Gasteiger partial charge in [0.05, 0.1) is 12.2 Å². The van der Waals surface area contributed by atoms with E-state index in [9.17, 15) is 15.0 Å². The SMILES string of the molecule is O=C1N(Cc2ccccc2-c2ccccc2)c2ccccc2C1(O)c1cc(OCc2ccccc2)ccc1O. The molecule has 0 aliphatic carbocycles. The first-order chi connectivity index (χ1) is 19.1. The van der Waals surface area contributed by atoms with Gasteiger partial charge in [0.15, 0.2) is 0 Å². The van der Waals surface area contributed by atoms with E-state index < -0.39 is 11.5 Å². The second kappa shape index (κ2) is 10.1. The molecule has 1 aliphatic rings. The molecule has 0 saturated carbocycles. The Bertz CT molecular complexity index is 1630. The number of rotatable bonds is 7. The number of carbonyl (C=O) groups excluding carboxylic acids is 1. The highest BCUT2D eigenvalue weighted by Crippen LogP contribution is 2.48. The fourth-order valence-electron chi connectivity index (χ4n) is 5.22. The third-order valence-corrected chi connectivity index (χ3v) is 7.18. The first kappa shape index (κ1) is 24.5. The van der Waals surface area contributed by atoms with Gasteiger partial charge in [-0.05, 0) is 46.5 Å². The van der Waals surface area contributed by atoms with Gasteiger partial charge in [-0.3, -0.25) is 4.79 Å². The van der Waals surface area contributed by atoms with E-state index >= 15 is 0 Å². The lowest BCUT2D eigenvalue weighted by atomic mass is 9.86. The number of amides is 1. The Morgan fingerprint density at radius 2 is 1.38 bits per heavy atom. The van der Waals surface area contributed by atoms with Crippen LogP contribution in [0.1, 0.15) is 22.3 Å². The van der Waals surface area contributed by atoms with Crippen LogP contribution in [0.25, 0.3) is 11.1 Å². The van der Waals surface area contributed by atoms with Crippen molar-refractivity contribution >= 4 is 11.6 Å². The molecule has 0 bridgehead atoms. The molecule has 1 unspecified atom stereocenters. The summed E-state index contributed by atoms with van der Waals surface area (Å²) < 4.78 is 5.96. The molecule has 0 spiro atoms. The third-order valence-electron chi connectivity index (χ3n) is 7.18. The Kier molecular flexibility index (Phi) is 6.35. The first-order valence-electron chi connectivity index (χ1n) is 12.8. The van der Waals surface area contributed by atoms with Gasteiger partial charge in [-0.25, -0.2) is 0 Å². The number of ether oxygens (including phenoxy) is 1. The molecule has 1 heterocycles. The number of anilines is 1. The van der Waals surface area contributed by atoms with Crippen molar-refractivity contribution in [1.82, 2.24) is 0 Å². The van der Waals surface area contributed by atoms with Gasteiger partial charge in [-0.1, -0.05) is 103 Å². The standard InChI is InChI=1S/C34H27NO4/c36-32-20-19-27(39-23-24-11-3-1-4-12-24)21-30(32)34(38)29-17-9-10-18-31(29)35(33(34)37)22-26-15-7-8-16-28(26)25-13-5-2-6-14-25/h1-21,36,38H,22-23H2. The molecule has 5 heteroatoms. The molecule has 5 aromatic rings. The van der Waals surface area contributed by atoms with Crippen molar-refractivity contribution in [2.24, 2.45) is 0 Å². The number of fused-ring (bicyclic) bond motifs is 1. The number of phenols is 1. The monoisotopic (exact) mass is 513 g/mol. The van der Waals surface area contributed by atoms with E-state index in [2.05, 4.69) is 0 Å². The zero-order valence-electron chi connectivity index (χ0n) is 21.2. The average Bonchev–Trinajstić information content (AvgIpc) is 3.20. The minimum absolute atomic E-state index is 0.0874. The summed E-state index contributed by atoms with van der Waals surface area (Å²) in [6, 6.07) is 39.5. The number of benzene rings is 5. The van der Waals surface area contributed by atoms with Crippen molar-refractivity contribution in [3.05, 3.63) is 150 Å². The van der Waals surface area contributed by atoms with Gasteiger partial charge in [-0.15, -0.1) is 0 Å². The predicted octanol–water partition coefficient (Wildman–Crippen LogP) is 6.42. The molecule has 0 fully saturated rings. The van der Waals surface area contributed by atoms with Gasteiger partial charge in [0.25, 0.3) is 5.91 Å². The lowest BCUT2D eigenvalue weighted by Gasteiger charge is -2.25. The summed E-state index contributed by atoms with van der Waals surface area (Å²) >= 11 is 0. The second-order valence-electron chi connectivity index (χ2n) is 9.60. The number of carbonyl (C=O) groups is 1. The van der Waals surface area contributed by atoms with E-state index in [1.807, 2.05) is 97.1 Å². The molecule has 1 amide bonds. The average molecular weight is 514 g/mol. The summed E-state index contributed by atoms with van der Waals surface area (Å²) in [5.41, 5.74) is 3.02. The molecule has 192 valence electrons. The number of hydrogen-bond donors (Lipinski definition) is 2. The first-order valence-corrected chi connectivity index (χ1v) is 12.8. The second-order valence-corrected chi connectivity index (χ2v) is 9.60. The minimum atomic E-state index is -2.07. The predicted molar refractivity (Wildman–Crippen MR) is 151 cm³/mol. The van der Waals surface area contributed by atoms with Crippen molar-refractivity contribution < 1.29 is 19.7 Å². The van der Waals surface area contributed by atoms with Crippen LogP contribution < -0.4 is 9.64 Å². The molecule has 2 N–H and O–H groups in total. The molecule has 0 aromatic heterocycles. The van der Waals surface area contributed by atoms with E-state index in [4.69, 9.17) is 4.74 Å². The van der Waals surface area contributed by atoms with E-state index in [-0.39, 0.29) is 17.9 Å². The van der Waals surface area contributed by atoms with Crippen LogP contribution in [0, 0.1) is 0 Å². The quantitative estimate of drug-likeness (QED) is 0.263. The van der Waals surface area contributed by atoms with Gasteiger partial charge in [0.1, 0.15) is 18.1 Å². The van der Waals surface area contributed by atoms with E-state index in [0.717, 1.165) is 22.3 Å². The number of nitrogens with zero attached hydrogens (tertiary/aromatic N) is 1. The lowest BCUT2D eigenvalue weighted by Crippen LogP contribution is -2.41. The van der Waals surface area contributed by atoms with E-state index in [1.165, 1.54) is 6.07 Å². The highest BCUT2D eigenvalue weighted by atomic mass is 16.5. The number of para-hydroxylation sites is 1. The lowest BCUT2D eigenvalue weighted by molar-refractivity contribution is -0.132. The van der Waals surface area contributed by atoms with Gasteiger partial charge in [-0.2, -0.15) is 0 Å². The summed E-state index contributed by atoms with van der Waals surface area (Å²) in [6.45, 7) is 0.574. The Morgan fingerprint density at radius 3 is 2.18 bits per heavy atom. The van der Waals surface area contributed by atoms with Crippen LogP contribution in [0.4, 0.5) is 5.69 Å². The minimum Gasteiger partial charge on any atom is -0.508 e. The molecular weight excluding hydrogens is 486 g/mol. The van der Waals surface area contributed by atoms with Crippen LogP contribution in [0.15, 0.2) is 127 Å². The van der Waals surface area contributed by atoms with Crippen molar-refractivity contribution in [3.63, 3.8) is 0 Å². The fourth-order valence-corrected chi connectivity index (χ4v) is 5.22. The zero-order valence-corrected chi connectivity index (χ0v) is 21.2. The largest absolute Gasteiger partial charge is 0.508 e. The summed E-state index contributed by atoms with van der Waals surface area (Å²) in [5.74, 6) is -0.264. The Morgan fingerprint density at radius 1 is 0.718 bits per heavy atom. The molecule has 1 aliphatic heterocycles. The summed E-state index contributed by atoms with van der Waals surface area (Å²) in [6.07, 6.45) is 0. The van der Waals surface area contributed by atoms with Gasteiger partial charge in [0.2, 0.25) is 5.60 Å². The van der Waals surface area contributed by atoms with Crippen LogP contribution >= 0.6 is 0 Å². The Labute approximate surface area is 227 Å². The molecule has 1 atom stereocenters. The number of aromatic hydroxyl groups is 1. The van der Waals surface area contributed by atoms with E-state index in [1.54, 1.807) is 29.2 Å². The number of phenolic OH excluding ortho intramolecular Hbond substituents is 1. The van der Waals surface area contributed by atoms with Gasteiger partial charge >= 0.3 is 0 Å². The van der Waals surface area contributed by atoms with Crippen molar-refractivity contribution in [3.8, 4) is 22.6 Å². The van der Waals surface area contributed by atoms with Crippen molar-refractivity contribution in [1.29, 1.82) is 0 Å². The molecule has 0 radical (unpaired) electrons. The molecule has 0 saturated heterocycles. The van der Waals surface area contributed by atoms with Crippen LogP contribution in [0.5, 0.6) is 11.5 Å². The van der Waals surface area contributed by atoms with Crippen molar-refractivity contribution in [2.45, 2.75) is 18.8 Å². The van der Waals surface area contributed by atoms with Crippen LogP contribution in [0.2, 0.25) is 0 Å². The maximum Gasteiger partial charge on any atom is 0.268 e. The van der Waals surface area contributed by atoms with Crippen LogP contribution in [-0.4, -0.2) is 16.1 Å². The highest BCUT2D eigenvalue weighted by Gasteiger charge is 2.52. The maximum absolute atomic E-state index is 14.1. The van der Waals surface area contributed by atoms with Crippen LogP contribution in [0.3, 0.4) is 0 Å². The topological polar surface area (TPSA) is 70.0 Å². The zero-order chi connectivity index (χ0) is 26.8. The molecule has 6 rings (SSSR count). The Hall–Kier alpha value is -4.87. The summed E-state index contributed by atoms with van der Waals surface area (Å²) in [5, 5.41) is 23.0. The molecule has 5 nitrogen and oxygen atoms in total. The molecule has 39 heavy (non-hydrogen) atoms. The third kappa shape index (κ3) is 4.43.